The van der Waals surface area contributed by atoms with Gasteiger partial charge in [-0.15, -0.1) is 0 Å². The van der Waals surface area contributed by atoms with Gasteiger partial charge in [-0.25, -0.2) is 4.83 Å². The molecule has 0 saturated carbocycles. The molecule has 0 aliphatic carbocycles. The van der Waals surface area contributed by atoms with E-state index in [-0.39, 0.29) is 29.2 Å². The van der Waals surface area contributed by atoms with Crippen LogP contribution in [0.4, 0.5) is 5.69 Å². The van der Waals surface area contributed by atoms with Crippen molar-refractivity contribution in [1.29, 1.82) is 0 Å². The molecule has 0 heterocycles. The number of benzene rings is 2. The summed E-state index contributed by atoms with van der Waals surface area (Å²) >= 11 is 0. The molecule has 1 amide bonds. The number of hydrogen-bond donors (Lipinski definition) is 2. The maximum Gasteiger partial charge on any atom is 0.311 e. The van der Waals surface area contributed by atoms with Crippen LogP contribution in [-0.4, -0.2) is 32.6 Å². The lowest BCUT2D eigenvalue weighted by atomic mass is 10.2. The van der Waals surface area contributed by atoms with Crippen LogP contribution in [0.2, 0.25) is 0 Å². The van der Waals surface area contributed by atoms with E-state index < -0.39 is 21.9 Å². The normalized spacial score (nSPS) is 11.6. The minimum absolute atomic E-state index is 0.124. The molecule has 0 bridgehead atoms. The third-order valence-corrected chi connectivity index (χ3v) is 4.71. The highest BCUT2D eigenvalue weighted by atomic mass is 32.2. The van der Waals surface area contributed by atoms with Crippen LogP contribution in [-0.2, 0) is 19.6 Å². The Kier molecular flexibility index (Phi) is 7.28. The molecule has 0 radical (unpaired) electrons. The first-order chi connectivity index (χ1) is 13.3. The number of sulfonamides is 1. The molecule has 2 aromatic carbocycles. The Hall–Kier alpha value is -3.20. The fourth-order valence-electron chi connectivity index (χ4n) is 2.18. The lowest BCUT2D eigenvalue weighted by Crippen LogP contribution is -2.21. The summed E-state index contributed by atoms with van der Waals surface area (Å²) in [5.74, 6) is -0.937. The summed E-state index contributed by atoms with van der Waals surface area (Å²) in [5, 5.41) is 6.40. The highest BCUT2D eigenvalue weighted by Gasteiger charge is 2.16. The van der Waals surface area contributed by atoms with E-state index in [9.17, 15) is 18.0 Å². The molecule has 0 atom stereocenters. The van der Waals surface area contributed by atoms with E-state index >= 15 is 0 Å². The topological polar surface area (TPSA) is 114 Å². The standard InChI is InChI=1S/C19H21N3O5S/c1-3-27-18(23)12-14(2)21-22-28(25,26)17-11-7-8-15(13-17)19(24)20-16-9-5-4-6-10-16/h4-11,13,22H,3,12H2,1-2H3,(H,20,24)/b21-14+. The number of rotatable bonds is 8. The molecule has 0 fully saturated rings. The van der Waals surface area contributed by atoms with Gasteiger partial charge in [-0.2, -0.15) is 13.5 Å². The number of carbonyl (C=O) groups is 2. The van der Waals surface area contributed by atoms with E-state index in [4.69, 9.17) is 4.74 Å². The maximum absolute atomic E-state index is 12.4. The summed E-state index contributed by atoms with van der Waals surface area (Å²) in [6.07, 6.45) is -0.129. The Balaban J connectivity index is 2.10. The lowest BCUT2D eigenvalue weighted by Gasteiger charge is -2.08. The van der Waals surface area contributed by atoms with Gasteiger partial charge in [-0.3, -0.25) is 9.59 Å². The van der Waals surface area contributed by atoms with Gasteiger partial charge in [0.05, 0.1) is 17.9 Å². The van der Waals surface area contributed by atoms with E-state index in [0.717, 1.165) is 0 Å². The Morgan fingerprint density at radius 1 is 1.07 bits per heavy atom. The van der Waals surface area contributed by atoms with Crippen LogP contribution in [0.1, 0.15) is 30.6 Å². The molecule has 0 spiro atoms. The number of nitrogens with one attached hydrogen (secondary N) is 2. The number of anilines is 1. The summed E-state index contributed by atoms with van der Waals surface area (Å²) < 4.78 is 29.6. The fraction of sp³-hybridized carbons (Fsp3) is 0.211. The first kappa shape index (κ1) is 21.1. The quantitative estimate of drug-likeness (QED) is 0.399. The van der Waals surface area contributed by atoms with Gasteiger partial charge < -0.3 is 10.1 Å². The van der Waals surface area contributed by atoms with E-state index in [0.29, 0.717) is 5.69 Å². The van der Waals surface area contributed by atoms with Crippen molar-refractivity contribution >= 4 is 33.3 Å². The second-order valence-corrected chi connectivity index (χ2v) is 7.43. The first-order valence-corrected chi connectivity index (χ1v) is 9.97. The molecular weight excluding hydrogens is 382 g/mol. The van der Waals surface area contributed by atoms with Crippen molar-refractivity contribution in [2.24, 2.45) is 5.10 Å². The van der Waals surface area contributed by atoms with Gasteiger partial charge in [0.2, 0.25) is 0 Å². The largest absolute Gasteiger partial charge is 0.466 e. The number of hydrogen-bond acceptors (Lipinski definition) is 6. The number of carbonyl (C=O) groups excluding carboxylic acids is 2. The molecule has 0 aliphatic rings. The van der Waals surface area contributed by atoms with Gasteiger partial charge in [0.25, 0.3) is 15.9 Å². The van der Waals surface area contributed by atoms with Crippen LogP contribution < -0.4 is 10.1 Å². The van der Waals surface area contributed by atoms with Crippen molar-refractivity contribution in [1.82, 2.24) is 4.83 Å². The SMILES string of the molecule is CCOC(=O)C/C(C)=N/NS(=O)(=O)c1cccc(C(=O)Nc2ccccc2)c1. The van der Waals surface area contributed by atoms with Crippen LogP contribution in [0.5, 0.6) is 0 Å². The molecule has 0 unspecified atom stereocenters. The van der Waals surface area contributed by atoms with Gasteiger partial charge in [0, 0.05) is 17.0 Å². The Bertz CT molecular complexity index is 972. The van der Waals surface area contributed by atoms with Crippen molar-refractivity contribution in [3.8, 4) is 0 Å². The molecule has 2 rings (SSSR count). The van der Waals surface area contributed by atoms with Crippen LogP contribution in [0.25, 0.3) is 0 Å². The van der Waals surface area contributed by atoms with Crippen molar-refractivity contribution < 1.29 is 22.7 Å². The molecule has 28 heavy (non-hydrogen) atoms. The lowest BCUT2D eigenvalue weighted by molar-refractivity contribution is -0.141. The average molecular weight is 403 g/mol. The van der Waals surface area contributed by atoms with Crippen molar-refractivity contribution in [3.05, 3.63) is 60.2 Å². The van der Waals surface area contributed by atoms with E-state index in [1.165, 1.54) is 31.2 Å². The molecular formula is C19H21N3O5S. The highest BCUT2D eigenvalue weighted by Crippen LogP contribution is 2.14. The van der Waals surface area contributed by atoms with Gasteiger partial charge in [0.15, 0.2) is 0 Å². The zero-order valence-corrected chi connectivity index (χ0v) is 16.3. The van der Waals surface area contributed by atoms with Crippen molar-refractivity contribution in [2.75, 3.05) is 11.9 Å². The highest BCUT2D eigenvalue weighted by molar-refractivity contribution is 7.89. The molecule has 0 aromatic heterocycles. The Morgan fingerprint density at radius 3 is 2.46 bits per heavy atom. The molecule has 148 valence electrons. The smallest absolute Gasteiger partial charge is 0.311 e. The monoisotopic (exact) mass is 403 g/mol. The first-order valence-electron chi connectivity index (χ1n) is 8.49. The van der Waals surface area contributed by atoms with E-state index in [1.807, 2.05) is 6.07 Å². The van der Waals surface area contributed by atoms with Crippen LogP contribution in [0, 0.1) is 0 Å². The van der Waals surface area contributed by atoms with Gasteiger partial charge in [-0.1, -0.05) is 24.3 Å². The summed E-state index contributed by atoms with van der Waals surface area (Å²) in [7, 11) is -4.00. The van der Waals surface area contributed by atoms with Gasteiger partial charge in [0.1, 0.15) is 0 Å². The van der Waals surface area contributed by atoms with Crippen molar-refractivity contribution in [3.63, 3.8) is 0 Å². The predicted octanol–water partition coefficient (Wildman–Crippen LogP) is 2.55. The van der Waals surface area contributed by atoms with Gasteiger partial charge >= 0.3 is 5.97 Å². The zero-order valence-electron chi connectivity index (χ0n) is 15.5. The molecule has 2 aromatic rings. The Labute approximate surface area is 163 Å². The minimum Gasteiger partial charge on any atom is -0.466 e. The van der Waals surface area contributed by atoms with Gasteiger partial charge in [-0.05, 0) is 44.2 Å². The average Bonchev–Trinajstić information content (AvgIpc) is 2.67. The summed E-state index contributed by atoms with van der Waals surface area (Å²) in [6.45, 7) is 3.41. The fourth-order valence-corrected chi connectivity index (χ4v) is 3.10. The number of para-hydroxylation sites is 1. The van der Waals surface area contributed by atoms with Crippen LogP contribution >= 0.6 is 0 Å². The number of ether oxygens (including phenoxy) is 1. The molecule has 9 heteroatoms. The molecule has 0 saturated heterocycles. The van der Waals surface area contributed by atoms with E-state index in [2.05, 4.69) is 15.2 Å². The minimum atomic E-state index is -4.00. The number of nitrogens with zero attached hydrogens (tertiary/aromatic N) is 1. The third kappa shape index (κ3) is 6.20. The van der Waals surface area contributed by atoms with Crippen molar-refractivity contribution in [2.45, 2.75) is 25.2 Å². The van der Waals surface area contributed by atoms with Crippen LogP contribution in [0.15, 0.2) is 64.6 Å². The summed E-state index contributed by atoms with van der Waals surface area (Å²) in [4.78, 5) is 25.7. The number of amides is 1. The second-order valence-electron chi connectivity index (χ2n) is 5.77. The zero-order chi connectivity index (χ0) is 20.6. The number of esters is 1. The molecule has 8 nitrogen and oxygen atoms in total. The third-order valence-electron chi connectivity index (χ3n) is 3.50. The van der Waals surface area contributed by atoms with E-state index in [1.54, 1.807) is 31.2 Å². The van der Waals surface area contributed by atoms with Crippen LogP contribution in [0.3, 0.4) is 0 Å². The summed E-state index contributed by atoms with van der Waals surface area (Å²) in [6, 6.07) is 14.4. The Morgan fingerprint density at radius 2 is 1.79 bits per heavy atom. The molecule has 2 N–H and O–H groups in total. The molecule has 0 aliphatic heterocycles. The number of hydrazone groups is 1. The second kappa shape index (κ2) is 9.65. The maximum atomic E-state index is 12.4. The predicted molar refractivity (Wildman–Crippen MR) is 106 cm³/mol. The summed E-state index contributed by atoms with van der Waals surface area (Å²) in [5.41, 5.74) is 1.03.